The second-order valence-electron chi connectivity index (χ2n) is 2.90. The van der Waals surface area contributed by atoms with Gasteiger partial charge in [-0.1, -0.05) is 55.5 Å². The SMILES string of the molecule is C#CCC.c1ccc2ccccc2c1. The van der Waals surface area contributed by atoms with Gasteiger partial charge in [-0.15, -0.1) is 12.3 Å². The average Bonchev–Trinajstić information content (AvgIpc) is 2.30. The van der Waals surface area contributed by atoms with Crippen LogP contribution in [0, 0.1) is 12.3 Å². The molecule has 0 aromatic heterocycles. The standard InChI is InChI=1S/C10H8.C4H6/c1-2-6-10-8-4-3-7-9(10)5-1;1-3-4-2/h1-8H;1H,4H2,2H3. The molecule has 0 heterocycles. The summed E-state index contributed by atoms with van der Waals surface area (Å²) < 4.78 is 0. The molecule has 0 saturated heterocycles. The van der Waals surface area contributed by atoms with Crippen LogP contribution in [0.5, 0.6) is 0 Å². The van der Waals surface area contributed by atoms with Crippen LogP contribution in [-0.4, -0.2) is 0 Å². The minimum Gasteiger partial charge on any atom is -0.120 e. The quantitative estimate of drug-likeness (QED) is 0.542. The van der Waals surface area contributed by atoms with E-state index in [1.165, 1.54) is 10.8 Å². The van der Waals surface area contributed by atoms with Crippen LogP contribution in [0.3, 0.4) is 0 Å². The van der Waals surface area contributed by atoms with Gasteiger partial charge in [0.05, 0.1) is 0 Å². The van der Waals surface area contributed by atoms with Crippen molar-refractivity contribution in [3.05, 3.63) is 48.5 Å². The molecule has 0 radical (unpaired) electrons. The van der Waals surface area contributed by atoms with Gasteiger partial charge in [0.15, 0.2) is 0 Å². The van der Waals surface area contributed by atoms with Crippen molar-refractivity contribution in [2.45, 2.75) is 13.3 Å². The molecule has 0 aliphatic heterocycles. The van der Waals surface area contributed by atoms with Gasteiger partial charge in [0.1, 0.15) is 0 Å². The minimum atomic E-state index is 0.847. The lowest BCUT2D eigenvalue weighted by Crippen LogP contribution is -1.67. The van der Waals surface area contributed by atoms with Crippen LogP contribution in [0.4, 0.5) is 0 Å². The molecule has 2 aromatic rings. The van der Waals surface area contributed by atoms with Gasteiger partial charge in [0, 0.05) is 6.42 Å². The molecule has 2 aromatic carbocycles. The molecule has 0 saturated carbocycles. The zero-order chi connectivity index (χ0) is 10.2. The fraction of sp³-hybridized carbons (Fsp3) is 0.143. The number of fused-ring (bicyclic) bond motifs is 1. The zero-order valence-electron chi connectivity index (χ0n) is 8.40. The van der Waals surface area contributed by atoms with E-state index in [1.54, 1.807) is 0 Å². The van der Waals surface area contributed by atoms with Crippen LogP contribution in [0.1, 0.15) is 13.3 Å². The maximum absolute atomic E-state index is 4.78. The smallest absolute Gasteiger partial charge is 0.00576 e. The van der Waals surface area contributed by atoms with E-state index in [9.17, 15) is 0 Å². The number of hydrogen-bond donors (Lipinski definition) is 0. The van der Waals surface area contributed by atoms with E-state index in [4.69, 9.17) is 6.42 Å². The highest BCUT2D eigenvalue weighted by Gasteiger charge is 1.85. The van der Waals surface area contributed by atoms with Gasteiger partial charge in [-0.3, -0.25) is 0 Å². The fourth-order valence-corrected chi connectivity index (χ4v) is 1.13. The van der Waals surface area contributed by atoms with Gasteiger partial charge >= 0.3 is 0 Å². The van der Waals surface area contributed by atoms with Crippen molar-refractivity contribution in [1.29, 1.82) is 0 Å². The summed E-state index contributed by atoms with van der Waals surface area (Å²) in [6.07, 6.45) is 5.62. The maximum atomic E-state index is 4.78. The van der Waals surface area contributed by atoms with E-state index < -0.39 is 0 Å². The van der Waals surface area contributed by atoms with Crippen LogP contribution in [0.15, 0.2) is 48.5 Å². The highest BCUT2D eigenvalue weighted by atomic mass is 13.9. The molecule has 0 aliphatic carbocycles. The Balaban J connectivity index is 0.000000213. The van der Waals surface area contributed by atoms with Crippen LogP contribution in [-0.2, 0) is 0 Å². The summed E-state index contributed by atoms with van der Waals surface area (Å²) in [6, 6.07) is 16.7. The van der Waals surface area contributed by atoms with Gasteiger partial charge < -0.3 is 0 Å². The molecular formula is C14H14. The van der Waals surface area contributed by atoms with Crippen LogP contribution < -0.4 is 0 Å². The number of terminal acetylenes is 1. The Morgan fingerprint density at radius 2 is 1.21 bits per heavy atom. The molecule has 0 aliphatic rings. The minimum absolute atomic E-state index is 0.847. The Labute approximate surface area is 85.6 Å². The van der Waals surface area contributed by atoms with Crippen LogP contribution in [0.25, 0.3) is 10.8 Å². The van der Waals surface area contributed by atoms with Crippen molar-refractivity contribution in [2.75, 3.05) is 0 Å². The van der Waals surface area contributed by atoms with Gasteiger partial charge in [-0.25, -0.2) is 0 Å². The predicted molar refractivity (Wildman–Crippen MR) is 63.1 cm³/mol. The normalized spacial score (nSPS) is 8.57. The number of hydrogen-bond acceptors (Lipinski definition) is 0. The molecule has 0 bridgehead atoms. The Morgan fingerprint density at radius 1 is 0.929 bits per heavy atom. The molecule has 0 fully saturated rings. The maximum Gasteiger partial charge on any atom is 0.00576 e. The first kappa shape index (κ1) is 10.3. The Hall–Kier alpha value is -1.74. The monoisotopic (exact) mass is 182 g/mol. The first-order valence-corrected chi connectivity index (χ1v) is 4.75. The van der Waals surface area contributed by atoms with E-state index in [0.29, 0.717) is 0 Å². The molecule has 2 rings (SSSR count). The summed E-state index contributed by atoms with van der Waals surface area (Å²) >= 11 is 0. The molecule has 0 N–H and O–H groups in total. The molecular weight excluding hydrogens is 168 g/mol. The lowest BCUT2D eigenvalue weighted by molar-refractivity contribution is 1.28. The Kier molecular flexibility index (Phi) is 4.31. The van der Waals surface area contributed by atoms with Gasteiger partial charge in [0.2, 0.25) is 0 Å². The molecule has 0 nitrogen and oxygen atoms in total. The largest absolute Gasteiger partial charge is 0.120 e. The molecule has 14 heavy (non-hydrogen) atoms. The average molecular weight is 182 g/mol. The van der Waals surface area contributed by atoms with Crippen LogP contribution >= 0.6 is 0 Å². The van der Waals surface area contributed by atoms with E-state index in [-0.39, 0.29) is 0 Å². The molecule has 70 valence electrons. The lowest BCUT2D eigenvalue weighted by Gasteiger charge is -1.92. The van der Waals surface area contributed by atoms with Crippen molar-refractivity contribution in [2.24, 2.45) is 0 Å². The van der Waals surface area contributed by atoms with E-state index >= 15 is 0 Å². The van der Waals surface area contributed by atoms with E-state index in [1.807, 2.05) is 6.92 Å². The highest BCUT2D eigenvalue weighted by Crippen LogP contribution is 2.11. The molecule has 0 heteroatoms. The van der Waals surface area contributed by atoms with E-state index in [2.05, 4.69) is 54.5 Å². The predicted octanol–water partition coefficient (Wildman–Crippen LogP) is 3.87. The third-order valence-electron chi connectivity index (χ3n) is 1.86. The summed E-state index contributed by atoms with van der Waals surface area (Å²) in [5.41, 5.74) is 0. The summed E-state index contributed by atoms with van der Waals surface area (Å²) in [7, 11) is 0. The molecule has 0 spiro atoms. The van der Waals surface area contributed by atoms with E-state index in [0.717, 1.165) is 6.42 Å². The topological polar surface area (TPSA) is 0 Å². The first-order valence-electron chi connectivity index (χ1n) is 4.75. The third kappa shape index (κ3) is 2.95. The van der Waals surface area contributed by atoms with Gasteiger partial charge in [-0.05, 0) is 10.8 Å². The van der Waals surface area contributed by atoms with Crippen molar-refractivity contribution in [3.63, 3.8) is 0 Å². The second-order valence-corrected chi connectivity index (χ2v) is 2.90. The lowest BCUT2D eigenvalue weighted by atomic mass is 10.1. The van der Waals surface area contributed by atoms with Crippen molar-refractivity contribution in [1.82, 2.24) is 0 Å². The number of benzene rings is 2. The molecule has 0 amide bonds. The summed E-state index contributed by atoms with van der Waals surface area (Å²) in [4.78, 5) is 0. The third-order valence-corrected chi connectivity index (χ3v) is 1.86. The van der Waals surface area contributed by atoms with Crippen molar-refractivity contribution in [3.8, 4) is 12.3 Å². The van der Waals surface area contributed by atoms with Crippen LogP contribution in [0.2, 0.25) is 0 Å². The molecule has 0 unspecified atom stereocenters. The summed E-state index contributed by atoms with van der Waals surface area (Å²) in [5.74, 6) is 2.43. The Bertz CT molecular complexity index is 356. The highest BCUT2D eigenvalue weighted by molar-refractivity contribution is 5.81. The van der Waals surface area contributed by atoms with Crippen molar-refractivity contribution >= 4 is 10.8 Å². The molecule has 0 atom stereocenters. The summed E-state index contributed by atoms with van der Waals surface area (Å²) in [6.45, 7) is 1.94. The van der Waals surface area contributed by atoms with Gasteiger partial charge in [-0.2, -0.15) is 0 Å². The van der Waals surface area contributed by atoms with Crippen molar-refractivity contribution < 1.29 is 0 Å². The van der Waals surface area contributed by atoms with Gasteiger partial charge in [0.25, 0.3) is 0 Å². The second kappa shape index (κ2) is 5.83. The fourth-order valence-electron chi connectivity index (χ4n) is 1.13. The Morgan fingerprint density at radius 3 is 1.43 bits per heavy atom. The summed E-state index contributed by atoms with van der Waals surface area (Å²) in [5, 5.41) is 2.62. The number of rotatable bonds is 0. The zero-order valence-corrected chi connectivity index (χ0v) is 8.40. The first-order chi connectivity index (χ1) is 6.88.